The lowest BCUT2D eigenvalue weighted by Crippen LogP contribution is -2.00. The summed E-state index contributed by atoms with van der Waals surface area (Å²) in [6, 6.07) is 41.5. The Balaban J connectivity index is 1.42. The number of benzene rings is 5. The van der Waals surface area contributed by atoms with Crippen LogP contribution in [0.4, 0.5) is 0 Å². The molecule has 0 fully saturated rings. The molecule has 0 saturated carbocycles. The minimum atomic E-state index is 0.660. The average molecular weight is 549 g/mol. The monoisotopic (exact) mass is 548 g/mol. The first kappa shape index (κ1) is 23.1. The van der Waals surface area contributed by atoms with Crippen molar-refractivity contribution in [1.82, 2.24) is 19.9 Å². The Morgan fingerprint density at radius 1 is 0.375 bits per heavy atom. The smallest absolute Gasteiger partial charge is 0.164 e. The molecule has 0 N–H and O–H groups in total. The molecular weight excluding hydrogens is 529 g/mol. The van der Waals surface area contributed by atoms with Crippen LogP contribution in [0.2, 0.25) is 0 Å². The van der Waals surface area contributed by atoms with E-state index in [0.29, 0.717) is 17.5 Å². The standard InChI is InChI=1S/C34H20N4S2/c1-3-11-21(12-4-1)31-36-32(22-13-5-2-6-14-22)38-33(37-31)23-15-9-19-27-29(23)30-24(16-10-20-28(30)39-27)34-35-25-17-7-8-18-26(25)40-34/h1-20H. The van der Waals surface area contributed by atoms with E-state index in [0.717, 1.165) is 38.2 Å². The van der Waals surface area contributed by atoms with E-state index in [9.17, 15) is 0 Å². The van der Waals surface area contributed by atoms with E-state index in [1.807, 2.05) is 66.7 Å². The number of nitrogens with zero attached hydrogens (tertiary/aromatic N) is 4. The molecule has 5 aromatic carbocycles. The van der Waals surface area contributed by atoms with Gasteiger partial charge in [-0.1, -0.05) is 97.1 Å². The minimum Gasteiger partial charge on any atom is -0.236 e. The van der Waals surface area contributed by atoms with E-state index in [1.54, 1.807) is 22.7 Å². The van der Waals surface area contributed by atoms with E-state index >= 15 is 0 Å². The molecule has 0 radical (unpaired) electrons. The lowest BCUT2D eigenvalue weighted by molar-refractivity contribution is 1.08. The van der Waals surface area contributed by atoms with Gasteiger partial charge in [0.2, 0.25) is 0 Å². The van der Waals surface area contributed by atoms with Crippen molar-refractivity contribution in [2.45, 2.75) is 0 Å². The molecule has 3 heterocycles. The van der Waals surface area contributed by atoms with Crippen LogP contribution in [0.3, 0.4) is 0 Å². The van der Waals surface area contributed by atoms with E-state index in [2.05, 4.69) is 54.6 Å². The highest BCUT2D eigenvalue weighted by atomic mass is 32.1. The lowest BCUT2D eigenvalue weighted by atomic mass is 10.0. The lowest BCUT2D eigenvalue weighted by Gasteiger charge is -2.10. The maximum atomic E-state index is 5.04. The summed E-state index contributed by atoms with van der Waals surface area (Å²) in [4.78, 5) is 20.0. The van der Waals surface area contributed by atoms with Crippen LogP contribution in [0, 0.1) is 0 Å². The van der Waals surface area contributed by atoms with Crippen molar-refractivity contribution in [1.29, 1.82) is 0 Å². The fourth-order valence-corrected chi connectivity index (χ4v) is 7.30. The second kappa shape index (κ2) is 9.45. The predicted octanol–water partition coefficient (Wildman–Crippen LogP) is 9.52. The molecule has 40 heavy (non-hydrogen) atoms. The quantitative estimate of drug-likeness (QED) is 0.220. The van der Waals surface area contributed by atoms with E-state index in [-0.39, 0.29) is 0 Å². The molecule has 0 saturated heterocycles. The van der Waals surface area contributed by atoms with Crippen LogP contribution in [0.1, 0.15) is 0 Å². The van der Waals surface area contributed by atoms with Crippen LogP contribution >= 0.6 is 22.7 Å². The number of fused-ring (bicyclic) bond motifs is 4. The van der Waals surface area contributed by atoms with Crippen LogP contribution in [-0.4, -0.2) is 19.9 Å². The molecule has 3 aromatic heterocycles. The van der Waals surface area contributed by atoms with E-state index in [4.69, 9.17) is 19.9 Å². The number of aromatic nitrogens is 4. The fraction of sp³-hybridized carbons (Fsp3) is 0. The first-order valence-electron chi connectivity index (χ1n) is 13.0. The maximum absolute atomic E-state index is 5.04. The summed E-state index contributed by atoms with van der Waals surface area (Å²) in [6.45, 7) is 0. The zero-order chi connectivity index (χ0) is 26.5. The van der Waals surface area contributed by atoms with Gasteiger partial charge in [0.1, 0.15) is 5.01 Å². The molecule has 0 aliphatic heterocycles. The summed E-state index contributed by atoms with van der Waals surface area (Å²) >= 11 is 3.52. The highest BCUT2D eigenvalue weighted by Gasteiger charge is 2.20. The Kier molecular flexibility index (Phi) is 5.47. The number of thiazole rings is 1. The van der Waals surface area contributed by atoms with Crippen molar-refractivity contribution in [3.8, 4) is 44.7 Å². The van der Waals surface area contributed by atoms with Gasteiger partial charge in [-0.05, 0) is 24.3 Å². The van der Waals surface area contributed by atoms with Crippen LogP contribution < -0.4 is 0 Å². The third kappa shape index (κ3) is 3.88. The molecule has 0 spiro atoms. The zero-order valence-electron chi connectivity index (χ0n) is 21.2. The van der Waals surface area contributed by atoms with Crippen molar-refractivity contribution in [3.63, 3.8) is 0 Å². The van der Waals surface area contributed by atoms with Gasteiger partial charge in [-0.2, -0.15) is 0 Å². The van der Waals surface area contributed by atoms with Crippen LogP contribution in [0.15, 0.2) is 121 Å². The topological polar surface area (TPSA) is 51.6 Å². The number of hydrogen-bond donors (Lipinski definition) is 0. The van der Waals surface area contributed by atoms with Crippen molar-refractivity contribution >= 4 is 53.1 Å². The molecule has 188 valence electrons. The zero-order valence-corrected chi connectivity index (χ0v) is 22.8. The van der Waals surface area contributed by atoms with Gasteiger partial charge >= 0.3 is 0 Å². The first-order valence-corrected chi connectivity index (χ1v) is 14.6. The Bertz CT molecular complexity index is 2080. The first-order chi connectivity index (χ1) is 19.8. The predicted molar refractivity (Wildman–Crippen MR) is 168 cm³/mol. The number of para-hydroxylation sites is 1. The second-order valence-electron chi connectivity index (χ2n) is 9.48. The van der Waals surface area contributed by atoms with Crippen LogP contribution in [0.5, 0.6) is 0 Å². The van der Waals surface area contributed by atoms with E-state index in [1.165, 1.54) is 19.5 Å². The summed E-state index contributed by atoms with van der Waals surface area (Å²) in [5, 5.41) is 3.37. The summed E-state index contributed by atoms with van der Waals surface area (Å²) in [5.41, 5.74) is 5.07. The average Bonchev–Trinajstić information content (AvgIpc) is 3.63. The largest absolute Gasteiger partial charge is 0.236 e. The molecule has 6 heteroatoms. The molecule has 0 aliphatic rings. The van der Waals surface area contributed by atoms with Crippen molar-refractivity contribution in [2.75, 3.05) is 0 Å². The van der Waals surface area contributed by atoms with Crippen LogP contribution in [-0.2, 0) is 0 Å². The highest BCUT2D eigenvalue weighted by molar-refractivity contribution is 7.26. The molecule has 0 amide bonds. The normalized spacial score (nSPS) is 11.5. The van der Waals surface area contributed by atoms with Crippen molar-refractivity contribution in [2.24, 2.45) is 0 Å². The van der Waals surface area contributed by atoms with Crippen molar-refractivity contribution < 1.29 is 0 Å². The molecule has 0 atom stereocenters. The molecule has 0 aliphatic carbocycles. The summed E-state index contributed by atoms with van der Waals surface area (Å²) < 4.78 is 3.61. The molecular formula is C34H20N4S2. The molecule has 8 aromatic rings. The van der Waals surface area contributed by atoms with E-state index < -0.39 is 0 Å². The van der Waals surface area contributed by atoms with Crippen LogP contribution in [0.25, 0.3) is 75.1 Å². The SMILES string of the molecule is c1ccc(-c2nc(-c3ccccc3)nc(-c3cccc4sc5cccc(-c6nc7ccccc7s6)c5c34)n2)cc1. The Hall–Kier alpha value is -4.78. The minimum absolute atomic E-state index is 0.660. The fourth-order valence-electron chi connectivity index (χ4n) is 5.15. The Morgan fingerprint density at radius 2 is 0.900 bits per heavy atom. The van der Waals surface area contributed by atoms with Gasteiger partial charge in [-0.25, -0.2) is 19.9 Å². The van der Waals surface area contributed by atoms with Gasteiger partial charge in [0.25, 0.3) is 0 Å². The van der Waals surface area contributed by atoms with Gasteiger partial charge in [0.05, 0.1) is 10.2 Å². The highest BCUT2D eigenvalue weighted by Crippen LogP contribution is 2.45. The third-order valence-electron chi connectivity index (χ3n) is 6.99. The summed E-state index contributed by atoms with van der Waals surface area (Å²) in [5.74, 6) is 1.98. The number of hydrogen-bond acceptors (Lipinski definition) is 6. The summed E-state index contributed by atoms with van der Waals surface area (Å²) in [7, 11) is 0. The van der Waals surface area contributed by atoms with Gasteiger partial charge in [0.15, 0.2) is 17.5 Å². The van der Waals surface area contributed by atoms with Gasteiger partial charge in [-0.3, -0.25) is 0 Å². The van der Waals surface area contributed by atoms with Gasteiger partial charge in [0, 0.05) is 42.4 Å². The molecule has 0 bridgehead atoms. The summed E-state index contributed by atoms with van der Waals surface area (Å²) in [6.07, 6.45) is 0. The number of rotatable bonds is 4. The van der Waals surface area contributed by atoms with Gasteiger partial charge in [-0.15, -0.1) is 22.7 Å². The molecule has 8 rings (SSSR count). The van der Waals surface area contributed by atoms with Gasteiger partial charge < -0.3 is 0 Å². The maximum Gasteiger partial charge on any atom is 0.164 e. The molecule has 4 nitrogen and oxygen atoms in total. The van der Waals surface area contributed by atoms with Crippen molar-refractivity contribution in [3.05, 3.63) is 121 Å². The molecule has 0 unspecified atom stereocenters. The second-order valence-corrected chi connectivity index (χ2v) is 11.6. The third-order valence-corrected chi connectivity index (χ3v) is 9.18. The Labute approximate surface area is 238 Å². The number of thiophene rings is 1. The Morgan fingerprint density at radius 3 is 1.55 bits per heavy atom.